The van der Waals surface area contributed by atoms with Crippen LogP contribution >= 0.6 is 0 Å². The number of ether oxygens (including phenoxy) is 1. The summed E-state index contributed by atoms with van der Waals surface area (Å²) in [5.41, 5.74) is 3.88. The third-order valence-electron chi connectivity index (χ3n) is 6.04. The van der Waals surface area contributed by atoms with E-state index in [0.717, 1.165) is 34.4 Å². The number of hydrogen-bond donors (Lipinski definition) is 3. The number of carbonyl (C=O) groups excluding carboxylic acids is 2. The number of carboxylic acid groups (broad SMARTS) is 1. The van der Waals surface area contributed by atoms with Gasteiger partial charge in [0, 0.05) is 5.92 Å². The summed E-state index contributed by atoms with van der Waals surface area (Å²) in [6.45, 7) is 3.56. The highest BCUT2D eigenvalue weighted by molar-refractivity contribution is 6.03. The molecular formula is C27H25FN2O5. The van der Waals surface area contributed by atoms with Gasteiger partial charge in [0.1, 0.15) is 18.5 Å². The largest absolute Gasteiger partial charge is 0.478 e. The number of aromatic carboxylic acids is 1. The van der Waals surface area contributed by atoms with Crippen LogP contribution < -0.4 is 10.6 Å². The molecule has 1 aliphatic carbocycles. The molecule has 0 saturated heterocycles. The van der Waals surface area contributed by atoms with Crippen molar-refractivity contribution in [2.45, 2.75) is 25.8 Å². The van der Waals surface area contributed by atoms with Gasteiger partial charge in [0.05, 0.1) is 11.3 Å². The second-order valence-corrected chi connectivity index (χ2v) is 8.68. The Kier molecular flexibility index (Phi) is 6.82. The molecule has 2 amide bonds. The number of fused-ring (bicyclic) bond motifs is 3. The van der Waals surface area contributed by atoms with Gasteiger partial charge in [0.2, 0.25) is 5.91 Å². The fraction of sp³-hybridized carbons (Fsp3) is 0.222. The van der Waals surface area contributed by atoms with Crippen molar-refractivity contribution in [1.82, 2.24) is 5.32 Å². The quantitative estimate of drug-likeness (QED) is 0.444. The van der Waals surface area contributed by atoms with E-state index >= 15 is 0 Å². The molecule has 1 aliphatic rings. The number of rotatable bonds is 7. The fourth-order valence-electron chi connectivity index (χ4n) is 4.31. The third kappa shape index (κ3) is 5.01. The number of anilines is 1. The van der Waals surface area contributed by atoms with E-state index in [0.29, 0.717) is 0 Å². The number of carbonyl (C=O) groups is 3. The minimum atomic E-state index is -1.38. The molecule has 0 heterocycles. The van der Waals surface area contributed by atoms with Gasteiger partial charge in [0.15, 0.2) is 0 Å². The lowest BCUT2D eigenvalue weighted by atomic mass is 9.98. The van der Waals surface area contributed by atoms with Crippen molar-refractivity contribution in [3.63, 3.8) is 0 Å². The average Bonchev–Trinajstić information content (AvgIpc) is 3.15. The van der Waals surface area contributed by atoms with Gasteiger partial charge in [-0.05, 0) is 46.4 Å². The van der Waals surface area contributed by atoms with Gasteiger partial charge in [-0.3, -0.25) is 4.79 Å². The maximum absolute atomic E-state index is 13.5. The monoisotopic (exact) mass is 476 g/mol. The third-order valence-corrected chi connectivity index (χ3v) is 6.04. The summed E-state index contributed by atoms with van der Waals surface area (Å²) < 4.78 is 19.0. The first-order valence-corrected chi connectivity index (χ1v) is 11.2. The SMILES string of the molecule is CC(C)C(NC(=O)OCC1c2ccccc2-c2ccccc21)C(=O)Nc1ccc(F)cc1C(=O)O. The lowest BCUT2D eigenvalue weighted by Gasteiger charge is -2.22. The molecular weight excluding hydrogens is 451 g/mol. The normalized spacial score (nSPS) is 13.0. The molecule has 180 valence electrons. The number of benzene rings is 3. The van der Waals surface area contributed by atoms with Crippen LogP contribution in [-0.2, 0) is 9.53 Å². The summed E-state index contributed by atoms with van der Waals surface area (Å²) in [5.74, 6) is -3.22. The van der Waals surface area contributed by atoms with Crippen LogP contribution in [0.15, 0.2) is 66.7 Å². The molecule has 7 nitrogen and oxygen atoms in total. The van der Waals surface area contributed by atoms with Gasteiger partial charge in [0.25, 0.3) is 0 Å². The van der Waals surface area contributed by atoms with E-state index in [2.05, 4.69) is 10.6 Å². The lowest BCUT2D eigenvalue weighted by molar-refractivity contribution is -0.119. The zero-order valence-electron chi connectivity index (χ0n) is 19.2. The average molecular weight is 477 g/mol. The molecule has 35 heavy (non-hydrogen) atoms. The second kappa shape index (κ2) is 9.97. The standard InChI is InChI=1S/C27H25FN2O5/c1-15(2)24(25(31)29-23-12-11-16(28)13-21(23)26(32)33)30-27(34)35-14-22-19-9-5-3-7-17(19)18-8-4-6-10-20(18)22/h3-13,15,22,24H,14H2,1-2H3,(H,29,31)(H,30,34)(H,32,33). The highest BCUT2D eigenvalue weighted by atomic mass is 19.1. The van der Waals surface area contributed by atoms with E-state index < -0.39 is 29.8 Å². The van der Waals surface area contributed by atoms with Crippen LogP contribution in [-0.4, -0.2) is 35.7 Å². The van der Waals surface area contributed by atoms with Crippen molar-refractivity contribution in [3.8, 4) is 11.1 Å². The number of hydrogen-bond acceptors (Lipinski definition) is 4. The van der Waals surface area contributed by atoms with Gasteiger partial charge in [-0.2, -0.15) is 0 Å². The first-order chi connectivity index (χ1) is 16.8. The smallest absolute Gasteiger partial charge is 0.407 e. The van der Waals surface area contributed by atoms with Gasteiger partial charge >= 0.3 is 12.1 Å². The molecule has 1 atom stereocenters. The molecule has 0 saturated carbocycles. The predicted octanol–water partition coefficient (Wildman–Crippen LogP) is 5.03. The van der Waals surface area contributed by atoms with Gasteiger partial charge in [-0.15, -0.1) is 0 Å². The molecule has 4 rings (SSSR count). The Bertz CT molecular complexity index is 1240. The Hall–Kier alpha value is -4.20. The topological polar surface area (TPSA) is 105 Å². The van der Waals surface area contributed by atoms with E-state index in [9.17, 15) is 23.9 Å². The van der Waals surface area contributed by atoms with Crippen LogP contribution in [0, 0.1) is 11.7 Å². The highest BCUT2D eigenvalue weighted by Gasteiger charge is 2.30. The number of carboxylic acids is 1. The van der Waals surface area contributed by atoms with E-state index in [-0.39, 0.29) is 29.7 Å². The van der Waals surface area contributed by atoms with E-state index in [1.807, 2.05) is 48.5 Å². The number of nitrogens with one attached hydrogen (secondary N) is 2. The summed E-state index contributed by atoms with van der Waals surface area (Å²) >= 11 is 0. The Morgan fingerprint density at radius 1 is 0.971 bits per heavy atom. The molecule has 0 bridgehead atoms. The molecule has 0 fully saturated rings. The predicted molar refractivity (Wildman–Crippen MR) is 129 cm³/mol. The summed E-state index contributed by atoms with van der Waals surface area (Å²) in [6.07, 6.45) is -0.765. The molecule has 0 spiro atoms. The summed E-state index contributed by atoms with van der Waals surface area (Å²) in [6, 6.07) is 17.9. The molecule has 1 unspecified atom stereocenters. The summed E-state index contributed by atoms with van der Waals surface area (Å²) in [5, 5.41) is 14.3. The Morgan fingerprint density at radius 3 is 2.14 bits per heavy atom. The molecule has 3 aromatic rings. The minimum absolute atomic E-state index is 0.0658. The highest BCUT2D eigenvalue weighted by Crippen LogP contribution is 2.44. The van der Waals surface area contributed by atoms with E-state index in [4.69, 9.17) is 4.74 Å². The first kappa shape index (κ1) is 23.9. The second-order valence-electron chi connectivity index (χ2n) is 8.68. The van der Waals surface area contributed by atoms with Crippen LogP contribution in [0.4, 0.5) is 14.9 Å². The van der Waals surface area contributed by atoms with Crippen LogP contribution in [0.5, 0.6) is 0 Å². The number of halogens is 1. The van der Waals surface area contributed by atoms with Gasteiger partial charge in [-0.25, -0.2) is 14.0 Å². The Morgan fingerprint density at radius 2 is 1.57 bits per heavy atom. The molecule has 0 radical (unpaired) electrons. The van der Waals surface area contributed by atoms with Gasteiger partial charge in [-0.1, -0.05) is 62.4 Å². The van der Waals surface area contributed by atoms with Crippen molar-refractivity contribution in [1.29, 1.82) is 0 Å². The molecule has 3 aromatic carbocycles. The number of amides is 2. The summed E-state index contributed by atoms with van der Waals surface area (Å²) in [4.78, 5) is 36.9. The van der Waals surface area contributed by atoms with E-state index in [1.54, 1.807) is 13.8 Å². The number of alkyl carbamates (subject to hydrolysis) is 1. The van der Waals surface area contributed by atoms with Crippen LogP contribution in [0.3, 0.4) is 0 Å². The van der Waals surface area contributed by atoms with Gasteiger partial charge < -0.3 is 20.5 Å². The molecule has 0 aromatic heterocycles. The fourth-order valence-corrected chi connectivity index (χ4v) is 4.31. The zero-order valence-corrected chi connectivity index (χ0v) is 19.2. The van der Waals surface area contributed by atoms with E-state index in [1.165, 1.54) is 6.07 Å². The zero-order chi connectivity index (χ0) is 25.1. The Labute approximate surface area is 201 Å². The van der Waals surface area contributed by atoms with Crippen molar-refractivity contribution in [2.75, 3.05) is 11.9 Å². The molecule has 0 aliphatic heterocycles. The molecule has 8 heteroatoms. The molecule has 3 N–H and O–H groups in total. The van der Waals surface area contributed by atoms with Crippen LogP contribution in [0.1, 0.15) is 41.3 Å². The van der Waals surface area contributed by atoms with Crippen LogP contribution in [0.2, 0.25) is 0 Å². The minimum Gasteiger partial charge on any atom is -0.478 e. The van der Waals surface area contributed by atoms with Crippen molar-refractivity contribution < 1.29 is 28.6 Å². The maximum atomic E-state index is 13.5. The van der Waals surface area contributed by atoms with Crippen molar-refractivity contribution in [2.24, 2.45) is 5.92 Å². The van der Waals surface area contributed by atoms with Crippen molar-refractivity contribution >= 4 is 23.7 Å². The summed E-state index contributed by atoms with van der Waals surface area (Å²) in [7, 11) is 0. The lowest BCUT2D eigenvalue weighted by Crippen LogP contribution is -2.47. The first-order valence-electron chi connectivity index (χ1n) is 11.2. The van der Waals surface area contributed by atoms with Crippen LogP contribution in [0.25, 0.3) is 11.1 Å². The Balaban J connectivity index is 1.44. The van der Waals surface area contributed by atoms with Crippen molar-refractivity contribution in [3.05, 3.63) is 89.2 Å². The maximum Gasteiger partial charge on any atom is 0.407 e.